The van der Waals surface area contributed by atoms with E-state index in [0.29, 0.717) is 31.9 Å². The van der Waals surface area contributed by atoms with Crippen LogP contribution in [0.1, 0.15) is 12.2 Å². The summed E-state index contributed by atoms with van der Waals surface area (Å²) in [6, 6.07) is 1.43. The number of nitrogens with zero attached hydrogens (tertiary/aromatic N) is 1. The highest BCUT2D eigenvalue weighted by molar-refractivity contribution is 9.10. The Morgan fingerprint density at radius 3 is 2.89 bits per heavy atom. The topological polar surface area (TPSA) is 71.8 Å². The van der Waals surface area contributed by atoms with E-state index in [1.54, 1.807) is 20.2 Å². The van der Waals surface area contributed by atoms with Crippen molar-refractivity contribution in [1.82, 2.24) is 9.62 Å². The van der Waals surface area contributed by atoms with E-state index < -0.39 is 10.0 Å². The summed E-state index contributed by atoms with van der Waals surface area (Å²) in [6.07, 6.45) is 0.717. The lowest BCUT2D eigenvalue weighted by molar-refractivity contribution is 0.181. The minimum atomic E-state index is -3.57. The summed E-state index contributed by atoms with van der Waals surface area (Å²) in [7, 11) is -0.220. The average Bonchev–Trinajstić information content (AvgIpc) is 2.98. The van der Waals surface area contributed by atoms with Gasteiger partial charge in [-0.1, -0.05) is 0 Å². The molecular formula is C11H17BrN2O4S. The number of hydrogen-bond donors (Lipinski definition) is 1. The molecule has 0 saturated carbocycles. The summed E-state index contributed by atoms with van der Waals surface area (Å²) in [6.45, 7) is 1.51. The van der Waals surface area contributed by atoms with E-state index in [1.807, 2.05) is 0 Å². The molecule has 1 atom stereocenters. The number of furan rings is 1. The Kier molecular flexibility index (Phi) is 4.67. The third-order valence-electron chi connectivity index (χ3n) is 3.13. The van der Waals surface area contributed by atoms with Gasteiger partial charge in [-0.3, -0.25) is 0 Å². The van der Waals surface area contributed by atoms with Gasteiger partial charge in [-0.15, -0.1) is 0 Å². The number of hydrogen-bond acceptors (Lipinski definition) is 5. The molecule has 0 spiro atoms. The average molecular weight is 353 g/mol. The number of rotatable bonds is 5. The molecule has 108 valence electrons. The molecular weight excluding hydrogens is 336 g/mol. The minimum Gasteiger partial charge on any atom is -0.452 e. The maximum atomic E-state index is 12.5. The lowest BCUT2D eigenvalue weighted by atomic mass is 10.3. The van der Waals surface area contributed by atoms with Crippen molar-refractivity contribution < 1.29 is 17.6 Å². The first-order valence-electron chi connectivity index (χ1n) is 5.95. The van der Waals surface area contributed by atoms with Gasteiger partial charge in [0.25, 0.3) is 0 Å². The van der Waals surface area contributed by atoms with Crippen LogP contribution in [-0.4, -0.2) is 46.1 Å². The largest absolute Gasteiger partial charge is 0.452 e. The molecule has 0 radical (unpaired) electrons. The van der Waals surface area contributed by atoms with Crippen LogP contribution >= 0.6 is 15.9 Å². The molecule has 0 aromatic carbocycles. The Morgan fingerprint density at radius 1 is 1.58 bits per heavy atom. The SMILES string of the molecule is CNCc1cc(S(=O)(=O)N(C)C2CCOC2)c(Br)o1. The van der Waals surface area contributed by atoms with E-state index in [-0.39, 0.29) is 15.6 Å². The normalized spacial score (nSPS) is 20.3. The van der Waals surface area contributed by atoms with Crippen molar-refractivity contribution in [2.75, 3.05) is 27.3 Å². The molecule has 1 aromatic heterocycles. The van der Waals surface area contributed by atoms with Crippen LogP contribution in [0.5, 0.6) is 0 Å². The summed E-state index contributed by atoms with van der Waals surface area (Å²) in [5.41, 5.74) is 0. The second-order valence-corrected chi connectivity index (χ2v) is 7.11. The molecule has 1 aromatic rings. The van der Waals surface area contributed by atoms with Crippen LogP contribution in [0.2, 0.25) is 0 Å². The second-order valence-electron chi connectivity index (χ2n) is 4.42. The zero-order valence-electron chi connectivity index (χ0n) is 10.8. The van der Waals surface area contributed by atoms with Crippen LogP contribution in [-0.2, 0) is 21.3 Å². The molecule has 0 amide bonds. The summed E-state index contributed by atoms with van der Waals surface area (Å²) in [5, 5.41) is 2.92. The molecule has 1 fully saturated rings. The quantitative estimate of drug-likeness (QED) is 0.861. The molecule has 19 heavy (non-hydrogen) atoms. The maximum absolute atomic E-state index is 12.5. The van der Waals surface area contributed by atoms with Gasteiger partial charge in [0, 0.05) is 19.7 Å². The van der Waals surface area contributed by atoms with E-state index in [1.165, 1.54) is 4.31 Å². The molecule has 8 heteroatoms. The van der Waals surface area contributed by atoms with Gasteiger partial charge in [0.1, 0.15) is 10.7 Å². The maximum Gasteiger partial charge on any atom is 0.247 e. The first kappa shape index (κ1) is 15.0. The van der Waals surface area contributed by atoms with Crippen LogP contribution < -0.4 is 5.32 Å². The summed E-state index contributed by atoms with van der Waals surface area (Å²) < 4.78 is 37.2. The van der Waals surface area contributed by atoms with Crippen LogP contribution in [0.25, 0.3) is 0 Å². The van der Waals surface area contributed by atoms with Gasteiger partial charge in [0.05, 0.1) is 19.2 Å². The van der Waals surface area contributed by atoms with Crippen LogP contribution in [0, 0.1) is 0 Å². The molecule has 0 bridgehead atoms. The Hall–Kier alpha value is -0.410. The Balaban J connectivity index is 2.27. The molecule has 1 saturated heterocycles. The Labute approximate surface area is 121 Å². The lowest BCUT2D eigenvalue weighted by Gasteiger charge is -2.21. The first-order valence-corrected chi connectivity index (χ1v) is 8.18. The molecule has 1 aliphatic heterocycles. The van der Waals surface area contributed by atoms with Gasteiger partial charge in [0.2, 0.25) is 10.0 Å². The molecule has 2 rings (SSSR count). The molecule has 1 unspecified atom stereocenters. The Morgan fingerprint density at radius 2 is 2.32 bits per heavy atom. The van der Waals surface area contributed by atoms with Gasteiger partial charge in [-0.05, 0) is 29.4 Å². The van der Waals surface area contributed by atoms with E-state index in [0.717, 1.165) is 0 Å². The molecule has 1 N–H and O–H groups in total. The van der Waals surface area contributed by atoms with Gasteiger partial charge in [-0.25, -0.2) is 8.42 Å². The zero-order chi connectivity index (χ0) is 14.0. The van der Waals surface area contributed by atoms with E-state index in [2.05, 4.69) is 21.2 Å². The monoisotopic (exact) mass is 352 g/mol. The highest BCUT2D eigenvalue weighted by atomic mass is 79.9. The van der Waals surface area contributed by atoms with E-state index in [9.17, 15) is 8.42 Å². The highest BCUT2D eigenvalue weighted by Crippen LogP contribution is 2.30. The molecule has 0 aliphatic carbocycles. The smallest absolute Gasteiger partial charge is 0.247 e. The lowest BCUT2D eigenvalue weighted by Crippen LogP contribution is -2.37. The molecule has 6 nitrogen and oxygen atoms in total. The highest BCUT2D eigenvalue weighted by Gasteiger charge is 2.33. The Bertz CT molecular complexity index is 537. The summed E-state index contributed by atoms with van der Waals surface area (Å²) in [4.78, 5) is 0.159. The first-order chi connectivity index (χ1) is 8.96. The van der Waals surface area contributed by atoms with Crippen LogP contribution in [0.3, 0.4) is 0 Å². The van der Waals surface area contributed by atoms with Crippen molar-refractivity contribution in [1.29, 1.82) is 0 Å². The van der Waals surface area contributed by atoms with Gasteiger partial charge < -0.3 is 14.5 Å². The fourth-order valence-electron chi connectivity index (χ4n) is 2.00. The van der Waals surface area contributed by atoms with Gasteiger partial charge in [-0.2, -0.15) is 4.31 Å². The summed E-state index contributed by atoms with van der Waals surface area (Å²) in [5.74, 6) is 0.573. The van der Waals surface area contributed by atoms with Crippen molar-refractivity contribution in [2.45, 2.75) is 23.9 Å². The van der Waals surface area contributed by atoms with Crippen LogP contribution in [0.4, 0.5) is 0 Å². The van der Waals surface area contributed by atoms with Gasteiger partial charge in [0.15, 0.2) is 4.67 Å². The zero-order valence-corrected chi connectivity index (χ0v) is 13.3. The van der Waals surface area contributed by atoms with Crippen molar-refractivity contribution in [3.63, 3.8) is 0 Å². The molecule has 1 aliphatic rings. The summed E-state index contributed by atoms with van der Waals surface area (Å²) >= 11 is 3.17. The number of likely N-dealkylation sites (N-methyl/N-ethyl adjacent to an activating group) is 1. The van der Waals surface area contributed by atoms with E-state index in [4.69, 9.17) is 9.15 Å². The number of nitrogens with one attached hydrogen (secondary N) is 1. The minimum absolute atomic E-state index is 0.112. The third kappa shape index (κ3) is 3.03. The van der Waals surface area contributed by atoms with Crippen molar-refractivity contribution >= 4 is 26.0 Å². The standard InChI is InChI=1S/C11H17BrN2O4S/c1-13-6-9-5-10(11(12)18-9)19(15,16)14(2)8-3-4-17-7-8/h5,8,13H,3-4,6-7H2,1-2H3. The number of sulfonamides is 1. The second kappa shape index (κ2) is 5.92. The number of halogens is 1. The molecule has 2 heterocycles. The fraction of sp³-hybridized carbons (Fsp3) is 0.636. The van der Waals surface area contributed by atoms with Crippen molar-refractivity contribution in [3.05, 3.63) is 16.5 Å². The van der Waals surface area contributed by atoms with Gasteiger partial charge >= 0.3 is 0 Å². The van der Waals surface area contributed by atoms with Crippen molar-refractivity contribution in [2.24, 2.45) is 0 Å². The van der Waals surface area contributed by atoms with E-state index >= 15 is 0 Å². The predicted octanol–water partition coefficient (Wildman–Crippen LogP) is 1.17. The fourth-order valence-corrected chi connectivity index (χ4v) is 4.33. The third-order valence-corrected chi connectivity index (χ3v) is 5.90. The van der Waals surface area contributed by atoms with Crippen LogP contribution in [0.15, 0.2) is 20.0 Å². The van der Waals surface area contributed by atoms with Crippen molar-refractivity contribution in [3.8, 4) is 0 Å². The number of ether oxygens (including phenoxy) is 1. The predicted molar refractivity (Wildman–Crippen MR) is 73.3 cm³/mol.